The number of fused-ring (bicyclic) bond motifs is 1. The van der Waals surface area contributed by atoms with Gasteiger partial charge in [0.1, 0.15) is 5.52 Å². The Morgan fingerprint density at radius 3 is 2.85 bits per heavy atom. The molecule has 2 aromatic rings. The van der Waals surface area contributed by atoms with E-state index in [1.54, 1.807) is 18.6 Å². The molecule has 3 atom stereocenters. The normalized spacial score (nSPS) is 24.6. The van der Waals surface area contributed by atoms with Crippen LogP contribution in [-0.4, -0.2) is 58.5 Å². The number of pyridine rings is 1. The summed E-state index contributed by atoms with van der Waals surface area (Å²) >= 11 is 0. The molecular formula is C19H28N6O. The van der Waals surface area contributed by atoms with Crippen LogP contribution >= 0.6 is 0 Å². The van der Waals surface area contributed by atoms with Crippen LogP contribution in [-0.2, 0) is 10.3 Å². The average molecular weight is 356 g/mol. The standard InChI is InChI=1S/C19H28N6O/c1-5-25(4)14(3)18(26)24-19(10-13(2)11-20-12-19)15-6-7-22-17-16(15)21-8-9-23-17/h6-9,13-14,20H,5,10-12H2,1-4H3,(H,24,26)/t13-,14-,19-/m0/s1. The highest BCUT2D eigenvalue weighted by Crippen LogP contribution is 2.34. The summed E-state index contributed by atoms with van der Waals surface area (Å²) in [5.41, 5.74) is 1.82. The van der Waals surface area contributed by atoms with Gasteiger partial charge in [-0.1, -0.05) is 13.8 Å². The third-order valence-electron chi connectivity index (χ3n) is 5.41. The number of rotatable bonds is 5. The third kappa shape index (κ3) is 3.54. The lowest BCUT2D eigenvalue weighted by Gasteiger charge is -2.42. The number of nitrogens with zero attached hydrogens (tertiary/aromatic N) is 4. The summed E-state index contributed by atoms with van der Waals surface area (Å²) < 4.78 is 0. The lowest BCUT2D eigenvalue weighted by atomic mass is 9.78. The predicted molar refractivity (Wildman–Crippen MR) is 102 cm³/mol. The lowest BCUT2D eigenvalue weighted by Crippen LogP contribution is -2.60. The number of piperidine rings is 1. The molecule has 1 amide bonds. The highest BCUT2D eigenvalue weighted by molar-refractivity contribution is 5.84. The Bertz CT molecular complexity index is 776. The predicted octanol–water partition coefficient (Wildman–Crippen LogP) is 1.31. The number of carbonyl (C=O) groups excluding carboxylic acids is 1. The van der Waals surface area contributed by atoms with E-state index in [-0.39, 0.29) is 11.9 Å². The first-order chi connectivity index (χ1) is 12.5. The van der Waals surface area contributed by atoms with Crippen molar-refractivity contribution in [1.29, 1.82) is 0 Å². The van der Waals surface area contributed by atoms with Gasteiger partial charge in [0.2, 0.25) is 5.91 Å². The van der Waals surface area contributed by atoms with Gasteiger partial charge in [-0.2, -0.15) is 0 Å². The third-order valence-corrected chi connectivity index (χ3v) is 5.41. The first-order valence-electron chi connectivity index (χ1n) is 9.26. The molecule has 0 unspecified atom stereocenters. The molecule has 3 rings (SSSR count). The van der Waals surface area contributed by atoms with E-state index in [9.17, 15) is 4.79 Å². The fraction of sp³-hybridized carbons (Fsp3) is 0.579. The molecule has 0 saturated carbocycles. The van der Waals surface area contributed by atoms with Gasteiger partial charge in [-0.15, -0.1) is 0 Å². The Kier molecular flexibility index (Phi) is 5.48. The van der Waals surface area contributed by atoms with E-state index in [1.807, 2.05) is 24.9 Å². The molecular weight excluding hydrogens is 328 g/mol. The highest BCUT2D eigenvalue weighted by atomic mass is 16.2. The van der Waals surface area contributed by atoms with Crippen LogP contribution in [0.2, 0.25) is 0 Å². The number of hydrogen-bond donors (Lipinski definition) is 2. The Hall–Kier alpha value is -2.12. The summed E-state index contributed by atoms with van der Waals surface area (Å²) in [5, 5.41) is 6.83. The zero-order chi connectivity index (χ0) is 18.7. The van der Waals surface area contributed by atoms with Crippen LogP contribution in [0.15, 0.2) is 24.7 Å². The van der Waals surface area contributed by atoms with Gasteiger partial charge in [0, 0.05) is 30.7 Å². The molecule has 0 spiro atoms. The molecule has 1 aliphatic rings. The van der Waals surface area contributed by atoms with Gasteiger partial charge in [0.05, 0.1) is 11.6 Å². The summed E-state index contributed by atoms with van der Waals surface area (Å²) in [7, 11) is 1.96. The van der Waals surface area contributed by atoms with E-state index in [2.05, 4.69) is 39.4 Å². The van der Waals surface area contributed by atoms with E-state index in [0.717, 1.165) is 30.6 Å². The Morgan fingerprint density at radius 1 is 1.38 bits per heavy atom. The van der Waals surface area contributed by atoms with Gasteiger partial charge in [0.15, 0.2) is 5.65 Å². The zero-order valence-corrected chi connectivity index (χ0v) is 16.0. The van der Waals surface area contributed by atoms with Crippen molar-refractivity contribution in [3.05, 3.63) is 30.2 Å². The van der Waals surface area contributed by atoms with E-state index >= 15 is 0 Å². The molecule has 2 aromatic heterocycles. The maximum atomic E-state index is 13.0. The second-order valence-corrected chi connectivity index (χ2v) is 7.35. The minimum absolute atomic E-state index is 0.0269. The molecule has 7 heteroatoms. The fourth-order valence-electron chi connectivity index (χ4n) is 3.72. The van der Waals surface area contributed by atoms with Crippen LogP contribution in [0.25, 0.3) is 11.2 Å². The van der Waals surface area contributed by atoms with E-state index in [4.69, 9.17) is 0 Å². The molecule has 0 aromatic carbocycles. The maximum Gasteiger partial charge on any atom is 0.237 e. The number of hydrogen-bond acceptors (Lipinski definition) is 6. The number of likely N-dealkylation sites (N-methyl/N-ethyl adjacent to an activating group) is 1. The summed E-state index contributed by atoms with van der Waals surface area (Å²) in [6, 6.07) is 1.76. The van der Waals surface area contributed by atoms with E-state index in [1.165, 1.54) is 0 Å². The van der Waals surface area contributed by atoms with Crippen LogP contribution < -0.4 is 10.6 Å². The van der Waals surface area contributed by atoms with Crippen molar-refractivity contribution < 1.29 is 4.79 Å². The quantitative estimate of drug-likeness (QED) is 0.840. The van der Waals surface area contributed by atoms with Gasteiger partial charge in [-0.25, -0.2) is 9.97 Å². The molecule has 1 fully saturated rings. The average Bonchev–Trinajstić information content (AvgIpc) is 2.66. The second kappa shape index (κ2) is 7.63. The molecule has 140 valence electrons. The van der Waals surface area contributed by atoms with Crippen molar-refractivity contribution in [1.82, 2.24) is 30.5 Å². The van der Waals surface area contributed by atoms with Gasteiger partial charge < -0.3 is 10.6 Å². The van der Waals surface area contributed by atoms with E-state index < -0.39 is 5.54 Å². The first kappa shape index (κ1) is 18.7. The van der Waals surface area contributed by atoms with Crippen molar-refractivity contribution >= 4 is 17.1 Å². The second-order valence-electron chi connectivity index (χ2n) is 7.35. The largest absolute Gasteiger partial charge is 0.344 e. The molecule has 0 radical (unpaired) electrons. The molecule has 26 heavy (non-hydrogen) atoms. The smallest absolute Gasteiger partial charge is 0.237 e. The van der Waals surface area contributed by atoms with Crippen molar-refractivity contribution in [2.24, 2.45) is 5.92 Å². The summed E-state index contributed by atoms with van der Waals surface area (Å²) in [5.74, 6) is 0.460. The first-order valence-corrected chi connectivity index (χ1v) is 9.26. The highest BCUT2D eigenvalue weighted by Gasteiger charge is 2.40. The van der Waals surface area contributed by atoms with Crippen molar-refractivity contribution in [2.75, 3.05) is 26.7 Å². The summed E-state index contributed by atoms with van der Waals surface area (Å²) in [6.45, 7) is 8.62. The van der Waals surface area contributed by atoms with Gasteiger partial charge in [-0.05, 0) is 45.5 Å². The molecule has 0 bridgehead atoms. The topological polar surface area (TPSA) is 83.0 Å². The molecule has 7 nitrogen and oxygen atoms in total. The Labute approximate surface area is 154 Å². The summed E-state index contributed by atoms with van der Waals surface area (Å²) in [4.78, 5) is 28.2. The molecule has 2 N–H and O–H groups in total. The number of nitrogens with one attached hydrogen (secondary N) is 2. The van der Waals surface area contributed by atoms with Crippen LogP contribution in [0.1, 0.15) is 32.8 Å². The SMILES string of the molecule is CCN(C)[C@@H](C)C(=O)N[C@]1(c2ccnc3nccnc23)CNC[C@@H](C)C1. The van der Waals surface area contributed by atoms with Crippen molar-refractivity contribution in [3.63, 3.8) is 0 Å². The van der Waals surface area contributed by atoms with Crippen molar-refractivity contribution in [2.45, 2.75) is 38.8 Å². The molecule has 3 heterocycles. The molecule has 1 saturated heterocycles. The summed E-state index contributed by atoms with van der Waals surface area (Å²) in [6.07, 6.45) is 5.92. The van der Waals surface area contributed by atoms with Gasteiger partial charge >= 0.3 is 0 Å². The van der Waals surface area contributed by atoms with Crippen LogP contribution in [0.5, 0.6) is 0 Å². The molecule has 1 aliphatic heterocycles. The van der Waals surface area contributed by atoms with Gasteiger partial charge in [0.25, 0.3) is 0 Å². The Balaban J connectivity index is 2.03. The fourth-order valence-corrected chi connectivity index (χ4v) is 3.72. The van der Waals surface area contributed by atoms with Crippen molar-refractivity contribution in [3.8, 4) is 0 Å². The van der Waals surface area contributed by atoms with Crippen LogP contribution in [0, 0.1) is 5.92 Å². The Morgan fingerprint density at radius 2 is 2.12 bits per heavy atom. The van der Waals surface area contributed by atoms with Gasteiger partial charge in [-0.3, -0.25) is 14.7 Å². The lowest BCUT2D eigenvalue weighted by molar-refractivity contribution is -0.128. The van der Waals surface area contributed by atoms with Crippen LogP contribution in [0.3, 0.4) is 0 Å². The minimum atomic E-state index is -0.519. The maximum absolute atomic E-state index is 13.0. The zero-order valence-electron chi connectivity index (χ0n) is 16.0. The monoisotopic (exact) mass is 356 g/mol. The number of aromatic nitrogens is 3. The number of amides is 1. The number of carbonyl (C=O) groups is 1. The molecule has 0 aliphatic carbocycles. The van der Waals surface area contributed by atoms with Crippen LogP contribution in [0.4, 0.5) is 0 Å². The van der Waals surface area contributed by atoms with E-state index in [0.29, 0.717) is 18.1 Å². The minimum Gasteiger partial charge on any atom is -0.344 e.